The molecule has 0 unspecified atom stereocenters. The van der Waals surface area contributed by atoms with Gasteiger partial charge in [-0.2, -0.15) is 5.10 Å². The molecule has 0 N–H and O–H groups in total. The first kappa shape index (κ1) is 18.5. The number of carbonyl (C=O) groups excluding carboxylic acids is 1. The summed E-state index contributed by atoms with van der Waals surface area (Å²) in [5, 5.41) is 4.62. The second kappa shape index (κ2) is 8.02. The van der Waals surface area contributed by atoms with E-state index >= 15 is 0 Å². The van der Waals surface area contributed by atoms with E-state index in [1.165, 1.54) is 36.4 Å². The van der Waals surface area contributed by atoms with Crippen molar-refractivity contribution in [3.05, 3.63) is 114 Å². The number of halogens is 2. The van der Waals surface area contributed by atoms with Crippen LogP contribution in [0.5, 0.6) is 0 Å². The van der Waals surface area contributed by atoms with Gasteiger partial charge in [0.15, 0.2) is 5.78 Å². The quantitative estimate of drug-likeness (QED) is 0.325. The van der Waals surface area contributed by atoms with E-state index in [9.17, 15) is 13.6 Å². The summed E-state index contributed by atoms with van der Waals surface area (Å²) in [6.45, 7) is 0. The highest BCUT2D eigenvalue weighted by Crippen LogP contribution is 2.25. The van der Waals surface area contributed by atoms with Crippen LogP contribution in [0.15, 0.2) is 91.1 Å². The van der Waals surface area contributed by atoms with Gasteiger partial charge in [-0.25, -0.2) is 13.5 Å². The van der Waals surface area contributed by atoms with Crippen molar-refractivity contribution in [1.82, 2.24) is 9.78 Å². The number of carbonyl (C=O) groups is 1. The molecule has 3 aromatic carbocycles. The van der Waals surface area contributed by atoms with Crippen LogP contribution >= 0.6 is 0 Å². The average Bonchev–Trinajstić information content (AvgIpc) is 3.17. The van der Waals surface area contributed by atoms with Crippen molar-refractivity contribution in [3.8, 4) is 16.9 Å². The van der Waals surface area contributed by atoms with E-state index in [-0.39, 0.29) is 17.2 Å². The highest BCUT2D eigenvalue weighted by Gasteiger charge is 2.11. The lowest BCUT2D eigenvalue weighted by molar-refractivity contribution is 0.104. The van der Waals surface area contributed by atoms with E-state index in [1.807, 2.05) is 30.3 Å². The lowest BCUT2D eigenvalue weighted by Crippen LogP contribution is -1.94. The first-order chi connectivity index (χ1) is 14.1. The van der Waals surface area contributed by atoms with Gasteiger partial charge in [0.25, 0.3) is 0 Å². The first-order valence-electron chi connectivity index (χ1n) is 8.99. The van der Waals surface area contributed by atoms with Crippen molar-refractivity contribution in [2.45, 2.75) is 0 Å². The zero-order valence-corrected chi connectivity index (χ0v) is 15.3. The lowest BCUT2D eigenvalue weighted by atomic mass is 10.1. The summed E-state index contributed by atoms with van der Waals surface area (Å²) < 4.78 is 28.4. The summed E-state index contributed by atoms with van der Waals surface area (Å²) in [5.74, 6) is -1.12. The fraction of sp³-hybridized carbons (Fsp3) is 0. The number of rotatable bonds is 5. The van der Waals surface area contributed by atoms with Crippen LogP contribution in [-0.2, 0) is 0 Å². The average molecular weight is 386 g/mol. The van der Waals surface area contributed by atoms with E-state index in [0.717, 1.165) is 11.3 Å². The molecular weight excluding hydrogens is 370 g/mol. The van der Waals surface area contributed by atoms with Crippen LogP contribution < -0.4 is 0 Å². The number of nitrogens with zero attached hydrogens (tertiary/aromatic N) is 2. The molecule has 1 aromatic heterocycles. The molecule has 0 aliphatic heterocycles. The minimum atomic E-state index is -0.465. The number of aromatic nitrogens is 2. The second-order valence-corrected chi connectivity index (χ2v) is 6.43. The maximum Gasteiger partial charge on any atom is 0.185 e. The molecule has 4 aromatic rings. The summed E-state index contributed by atoms with van der Waals surface area (Å²) in [6, 6.07) is 21.1. The van der Waals surface area contributed by atoms with E-state index in [4.69, 9.17) is 0 Å². The Kier molecular flexibility index (Phi) is 5.12. The van der Waals surface area contributed by atoms with Gasteiger partial charge in [-0.1, -0.05) is 30.3 Å². The summed E-state index contributed by atoms with van der Waals surface area (Å²) in [6.07, 6.45) is 4.82. The smallest absolute Gasteiger partial charge is 0.185 e. The molecule has 1 heterocycles. The van der Waals surface area contributed by atoms with E-state index in [2.05, 4.69) is 5.10 Å². The summed E-state index contributed by atoms with van der Waals surface area (Å²) in [7, 11) is 0. The van der Waals surface area contributed by atoms with Gasteiger partial charge in [-0.05, 0) is 60.7 Å². The maximum atomic E-state index is 13.4. The predicted octanol–water partition coefficient (Wildman–Crippen LogP) is 5.71. The molecule has 0 saturated heterocycles. The summed E-state index contributed by atoms with van der Waals surface area (Å²) >= 11 is 0. The van der Waals surface area contributed by atoms with Crippen molar-refractivity contribution in [1.29, 1.82) is 0 Å². The third kappa shape index (κ3) is 4.19. The van der Waals surface area contributed by atoms with E-state index in [1.54, 1.807) is 35.2 Å². The van der Waals surface area contributed by atoms with Gasteiger partial charge in [0, 0.05) is 22.9 Å². The molecule has 0 aliphatic rings. The Balaban J connectivity index is 1.73. The minimum absolute atomic E-state index is 0.264. The highest BCUT2D eigenvalue weighted by atomic mass is 19.1. The number of ketones is 1. The zero-order chi connectivity index (χ0) is 20.2. The SMILES string of the molecule is O=C(/C=C/c1cn(-c2ccccc2)nc1-c1ccc(F)cc1)c1cccc(F)c1. The van der Waals surface area contributed by atoms with Crippen LogP contribution in [0.25, 0.3) is 23.0 Å². The molecule has 0 spiro atoms. The van der Waals surface area contributed by atoms with Crippen molar-refractivity contribution < 1.29 is 13.6 Å². The van der Waals surface area contributed by atoms with Crippen LogP contribution in [0, 0.1) is 11.6 Å². The third-order valence-electron chi connectivity index (χ3n) is 4.40. The minimum Gasteiger partial charge on any atom is -0.289 e. The molecule has 142 valence electrons. The predicted molar refractivity (Wildman–Crippen MR) is 109 cm³/mol. The number of hydrogen-bond acceptors (Lipinski definition) is 2. The topological polar surface area (TPSA) is 34.9 Å². The standard InChI is InChI=1S/C24H16F2N2O/c25-20-12-9-17(10-13-20)24-19(16-28(27-24)22-7-2-1-3-8-22)11-14-23(29)18-5-4-6-21(26)15-18/h1-16H/b14-11+. The molecule has 4 rings (SSSR count). The molecule has 0 saturated carbocycles. The summed E-state index contributed by atoms with van der Waals surface area (Å²) in [5.41, 5.74) is 3.13. The van der Waals surface area contributed by atoms with E-state index < -0.39 is 5.82 Å². The van der Waals surface area contributed by atoms with Crippen LogP contribution in [0.2, 0.25) is 0 Å². The molecule has 3 nitrogen and oxygen atoms in total. The molecular formula is C24H16F2N2O. The molecule has 0 radical (unpaired) electrons. The number of allylic oxidation sites excluding steroid dienone is 1. The van der Waals surface area contributed by atoms with Crippen LogP contribution in [0.1, 0.15) is 15.9 Å². The van der Waals surface area contributed by atoms with Gasteiger partial charge in [-0.3, -0.25) is 4.79 Å². The first-order valence-corrected chi connectivity index (χ1v) is 8.99. The number of hydrogen-bond donors (Lipinski definition) is 0. The second-order valence-electron chi connectivity index (χ2n) is 6.43. The van der Waals surface area contributed by atoms with Gasteiger partial charge in [0.05, 0.1) is 11.4 Å². The van der Waals surface area contributed by atoms with Crippen molar-refractivity contribution in [3.63, 3.8) is 0 Å². The molecule has 5 heteroatoms. The Labute approximate surface area is 166 Å². The Morgan fingerprint density at radius 3 is 2.34 bits per heavy atom. The van der Waals surface area contributed by atoms with Crippen molar-refractivity contribution in [2.24, 2.45) is 0 Å². The normalized spacial score (nSPS) is 11.1. The third-order valence-corrected chi connectivity index (χ3v) is 4.40. The maximum absolute atomic E-state index is 13.4. The number of benzene rings is 3. The molecule has 0 fully saturated rings. The fourth-order valence-corrected chi connectivity index (χ4v) is 2.96. The Hall–Kier alpha value is -3.86. The molecule has 0 atom stereocenters. The zero-order valence-electron chi connectivity index (χ0n) is 15.3. The lowest BCUT2D eigenvalue weighted by Gasteiger charge is -2.00. The van der Waals surface area contributed by atoms with Crippen LogP contribution in [0.4, 0.5) is 8.78 Å². The Bertz CT molecular complexity index is 1180. The summed E-state index contributed by atoms with van der Waals surface area (Å²) in [4.78, 5) is 12.4. The molecule has 29 heavy (non-hydrogen) atoms. The Morgan fingerprint density at radius 1 is 0.862 bits per heavy atom. The van der Waals surface area contributed by atoms with Gasteiger partial charge in [0.2, 0.25) is 0 Å². The van der Waals surface area contributed by atoms with Gasteiger partial charge >= 0.3 is 0 Å². The van der Waals surface area contributed by atoms with Crippen LogP contribution in [0.3, 0.4) is 0 Å². The van der Waals surface area contributed by atoms with Gasteiger partial charge < -0.3 is 0 Å². The largest absolute Gasteiger partial charge is 0.289 e. The fourth-order valence-electron chi connectivity index (χ4n) is 2.96. The van der Waals surface area contributed by atoms with E-state index in [0.29, 0.717) is 11.3 Å². The van der Waals surface area contributed by atoms with Crippen molar-refractivity contribution >= 4 is 11.9 Å². The van der Waals surface area contributed by atoms with Crippen molar-refractivity contribution in [2.75, 3.05) is 0 Å². The molecule has 0 bridgehead atoms. The highest BCUT2D eigenvalue weighted by molar-refractivity contribution is 6.07. The monoisotopic (exact) mass is 386 g/mol. The van der Waals surface area contributed by atoms with Gasteiger partial charge in [-0.15, -0.1) is 0 Å². The molecule has 0 aliphatic carbocycles. The molecule has 0 amide bonds. The number of para-hydroxylation sites is 1. The van der Waals surface area contributed by atoms with Gasteiger partial charge in [0.1, 0.15) is 11.6 Å². The Morgan fingerprint density at radius 2 is 1.62 bits per heavy atom. The van der Waals surface area contributed by atoms with Crippen LogP contribution in [-0.4, -0.2) is 15.6 Å².